The molecule has 0 radical (unpaired) electrons. The Labute approximate surface area is 93.8 Å². The van der Waals surface area contributed by atoms with Gasteiger partial charge in [0.25, 0.3) is 5.91 Å². The van der Waals surface area contributed by atoms with E-state index in [1.54, 1.807) is 13.1 Å². The third-order valence-electron chi connectivity index (χ3n) is 2.67. The summed E-state index contributed by atoms with van der Waals surface area (Å²) in [6.45, 7) is 1.96. The van der Waals surface area contributed by atoms with Gasteiger partial charge in [0.15, 0.2) is 0 Å². The molecule has 0 saturated carbocycles. The number of anilines is 1. The molecule has 0 aromatic heterocycles. The van der Waals surface area contributed by atoms with Crippen LogP contribution < -0.4 is 9.64 Å². The summed E-state index contributed by atoms with van der Waals surface area (Å²) in [4.78, 5) is 23.8. The molecule has 0 unspecified atom stereocenters. The second-order valence-corrected chi connectivity index (χ2v) is 3.81. The van der Waals surface area contributed by atoms with E-state index >= 15 is 0 Å². The number of ketones is 1. The lowest BCUT2D eigenvalue weighted by molar-refractivity contribution is -0.134. The standard InChI is InChI=1S/C12H13NO3/c1-8(14)12(15)13(2)10-3-4-11-9(7-10)5-6-16-11/h3-4,7H,5-6H2,1-2H3. The van der Waals surface area contributed by atoms with Gasteiger partial charge >= 0.3 is 0 Å². The summed E-state index contributed by atoms with van der Waals surface area (Å²) >= 11 is 0. The number of hydrogen-bond donors (Lipinski definition) is 0. The van der Waals surface area contributed by atoms with Gasteiger partial charge in [0.1, 0.15) is 5.75 Å². The van der Waals surface area contributed by atoms with E-state index in [9.17, 15) is 9.59 Å². The number of carbonyl (C=O) groups is 2. The van der Waals surface area contributed by atoms with Gasteiger partial charge in [0.05, 0.1) is 6.61 Å². The van der Waals surface area contributed by atoms with Crippen LogP contribution in [0.4, 0.5) is 5.69 Å². The Morgan fingerprint density at radius 1 is 1.38 bits per heavy atom. The summed E-state index contributed by atoms with van der Waals surface area (Å²) in [7, 11) is 1.60. The lowest BCUT2D eigenvalue weighted by atomic mass is 10.1. The fourth-order valence-electron chi connectivity index (χ4n) is 1.74. The molecule has 0 fully saturated rings. The van der Waals surface area contributed by atoms with Crippen molar-refractivity contribution in [2.75, 3.05) is 18.6 Å². The molecule has 0 saturated heterocycles. The largest absolute Gasteiger partial charge is 0.493 e. The Morgan fingerprint density at radius 2 is 2.12 bits per heavy atom. The maximum Gasteiger partial charge on any atom is 0.293 e. The average molecular weight is 219 g/mol. The van der Waals surface area contributed by atoms with E-state index in [1.165, 1.54) is 11.8 Å². The summed E-state index contributed by atoms with van der Waals surface area (Å²) in [6.07, 6.45) is 0.852. The van der Waals surface area contributed by atoms with Crippen LogP contribution in [0.5, 0.6) is 5.75 Å². The smallest absolute Gasteiger partial charge is 0.293 e. The zero-order valence-electron chi connectivity index (χ0n) is 9.32. The van der Waals surface area contributed by atoms with Crippen LogP contribution in [0.1, 0.15) is 12.5 Å². The maximum absolute atomic E-state index is 11.5. The minimum Gasteiger partial charge on any atom is -0.493 e. The van der Waals surface area contributed by atoms with Crippen molar-refractivity contribution in [3.63, 3.8) is 0 Å². The summed E-state index contributed by atoms with van der Waals surface area (Å²) in [5, 5.41) is 0. The highest BCUT2D eigenvalue weighted by Crippen LogP contribution is 2.29. The molecule has 0 atom stereocenters. The zero-order valence-corrected chi connectivity index (χ0v) is 9.32. The molecule has 1 aliphatic rings. The molecular weight excluding hydrogens is 206 g/mol. The molecular formula is C12H13NO3. The number of likely N-dealkylation sites (N-methyl/N-ethyl adjacent to an activating group) is 1. The lowest BCUT2D eigenvalue weighted by Crippen LogP contribution is -2.31. The van der Waals surface area contributed by atoms with Gasteiger partial charge in [-0.25, -0.2) is 0 Å². The van der Waals surface area contributed by atoms with E-state index in [4.69, 9.17) is 4.74 Å². The first kappa shape index (κ1) is 10.7. The Morgan fingerprint density at radius 3 is 2.81 bits per heavy atom. The quantitative estimate of drug-likeness (QED) is 0.701. The number of benzene rings is 1. The van der Waals surface area contributed by atoms with Crippen molar-refractivity contribution >= 4 is 17.4 Å². The number of nitrogens with zero attached hydrogens (tertiary/aromatic N) is 1. The van der Waals surface area contributed by atoms with E-state index in [2.05, 4.69) is 0 Å². The highest BCUT2D eigenvalue weighted by Gasteiger charge is 2.18. The zero-order chi connectivity index (χ0) is 11.7. The van der Waals surface area contributed by atoms with Crippen LogP contribution >= 0.6 is 0 Å². The third-order valence-corrected chi connectivity index (χ3v) is 2.67. The van der Waals surface area contributed by atoms with Gasteiger partial charge in [-0.3, -0.25) is 9.59 Å². The van der Waals surface area contributed by atoms with E-state index in [1.807, 2.05) is 12.1 Å². The third kappa shape index (κ3) is 1.78. The van der Waals surface area contributed by atoms with E-state index in [0.29, 0.717) is 6.61 Å². The fraction of sp³-hybridized carbons (Fsp3) is 0.333. The molecule has 84 valence electrons. The van der Waals surface area contributed by atoms with Crippen molar-refractivity contribution in [3.8, 4) is 5.75 Å². The molecule has 4 nitrogen and oxygen atoms in total. The van der Waals surface area contributed by atoms with Gasteiger partial charge < -0.3 is 9.64 Å². The molecule has 0 N–H and O–H groups in total. The first-order valence-electron chi connectivity index (χ1n) is 5.14. The monoisotopic (exact) mass is 219 g/mol. The van der Waals surface area contributed by atoms with Gasteiger partial charge in [-0.2, -0.15) is 0 Å². The van der Waals surface area contributed by atoms with Crippen LogP contribution in [0.2, 0.25) is 0 Å². The van der Waals surface area contributed by atoms with Crippen molar-refractivity contribution in [2.24, 2.45) is 0 Å². The number of rotatable bonds is 2. The van der Waals surface area contributed by atoms with Crippen LogP contribution in [-0.2, 0) is 16.0 Å². The fourth-order valence-corrected chi connectivity index (χ4v) is 1.74. The normalized spacial score (nSPS) is 12.9. The maximum atomic E-state index is 11.5. The topological polar surface area (TPSA) is 46.6 Å². The second kappa shape index (κ2) is 3.96. The average Bonchev–Trinajstić information content (AvgIpc) is 2.73. The lowest BCUT2D eigenvalue weighted by Gasteiger charge is -2.16. The van der Waals surface area contributed by atoms with Crippen LogP contribution in [0.15, 0.2) is 18.2 Å². The second-order valence-electron chi connectivity index (χ2n) is 3.81. The number of Topliss-reactive ketones (excluding diaryl/α,β-unsaturated/α-hetero) is 1. The molecule has 0 spiro atoms. The Hall–Kier alpha value is -1.84. The molecule has 4 heteroatoms. The minimum atomic E-state index is -0.501. The molecule has 1 aliphatic heterocycles. The van der Waals surface area contributed by atoms with Crippen molar-refractivity contribution in [3.05, 3.63) is 23.8 Å². The predicted molar refractivity (Wildman–Crippen MR) is 59.7 cm³/mol. The Bertz CT molecular complexity index is 454. The Balaban J connectivity index is 2.28. The predicted octanol–water partition coefficient (Wildman–Crippen LogP) is 1.17. The SMILES string of the molecule is CC(=O)C(=O)N(C)c1ccc2c(c1)CCO2. The number of carbonyl (C=O) groups excluding carboxylic acids is 2. The van der Waals surface area contributed by atoms with Crippen LogP contribution in [-0.4, -0.2) is 25.3 Å². The van der Waals surface area contributed by atoms with Gasteiger partial charge in [-0.1, -0.05) is 0 Å². The van der Waals surface area contributed by atoms with Gasteiger partial charge in [0.2, 0.25) is 5.78 Å². The van der Waals surface area contributed by atoms with Crippen LogP contribution in [0, 0.1) is 0 Å². The summed E-state index contributed by atoms with van der Waals surface area (Å²) < 4.78 is 5.37. The molecule has 1 heterocycles. The minimum absolute atomic E-state index is 0.459. The number of hydrogen-bond acceptors (Lipinski definition) is 3. The van der Waals surface area contributed by atoms with Crippen molar-refractivity contribution in [2.45, 2.75) is 13.3 Å². The summed E-state index contributed by atoms with van der Waals surface area (Å²) in [5.74, 6) is -0.0921. The summed E-state index contributed by atoms with van der Waals surface area (Å²) in [5.41, 5.74) is 1.81. The molecule has 1 amide bonds. The molecule has 0 bridgehead atoms. The molecule has 1 aromatic carbocycles. The van der Waals surface area contributed by atoms with E-state index in [0.717, 1.165) is 23.4 Å². The first-order valence-corrected chi connectivity index (χ1v) is 5.14. The summed E-state index contributed by atoms with van der Waals surface area (Å²) in [6, 6.07) is 5.51. The van der Waals surface area contributed by atoms with Crippen molar-refractivity contribution in [1.82, 2.24) is 0 Å². The van der Waals surface area contributed by atoms with Crippen LogP contribution in [0.25, 0.3) is 0 Å². The highest BCUT2D eigenvalue weighted by atomic mass is 16.5. The number of ether oxygens (including phenoxy) is 1. The highest BCUT2D eigenvalue weighted by molar-refractivity contribution is 6.40. The number of amides is 1. The van der Waals surface area contributed by atoms with Crippen molar-refractivity contribution in [1.29, 1.82) is 0 Å². The molecule has 1 aromatic rings. The van der Waals surface area contributed by atoms with Gasteiger partial charge in [-0.15, -0.1) is 0 Å². The van der Waals surface area contributed by atoms with Crippen LogP contribution in [0.3, 0.4) is 0 Å². The van der Waals surface area contributed by atoms with E-state index in [-0.39, 0.29) is 0 Å². The Kier molecular flexibility index (Phi) is 2.64. The van der Waals surface area contributed by atoms with Gasteiger partial charge in [0, 0.05) is 26.1 Å². The molecule has 0 aliphatic carbocycles. The first-order chi connectivity index (χ1) is 7.59. The van der Waals surface area contributed by atoms with Crippen molar-refractivity contribution < 1.29 is 14.3 Å². The number of fused-ring (bicyclic) bond motifs is 1. The molecule has 2 rings (SSSR count). The van der Waals surface area contributed by atoms with Gasteiger partial charge in [-0.05, 0) is 23.8 Å². The molecule has 16 heavy (non-hydrogen) atoms. The van der Waals surface area contributed by atoms with E-state index < -0.39 is 11.7 Å².